The van der Waals surface area contributed by atoms with Crippen LogP contribution in [0.25, 0.3) is 0 Å². The van der Waals surface area contributed by atoms with Gasteiger partial charge >= 0.3 is 0 Å². The zero-order chi connectivity index (χ0) is 16.2. The fourth-order valence-corrected chi connectivity index (χ4v) is 2.89. The number of benzene rings is 1. The van der Waals surface area contributed by atoms with Crippen LogP contribution < -0.4 is 15.2 Å². The lowest BCUT2D eigenvalue weighted by atomic mass is 10.0. The molecule has 0 unspecified atom stereocenters. The van der Waals surface area contributed by atoms with Crippen LogP contribution in [0.3, 0.4) is 0 Å². The van der Waals surface area contributed by atoms with Gasteiger partial charge in [-0.1, -0.05) is 5.16 Å². The number of methoxy groups -OCH3 is 2. The lowest BCUT2D eigenvalue weighted by molar-refractivity contribution is 0.266. The molecular formula is C16H22N4O3. The first-order valence-corrected chi connectivity index (χ1v) is 7.71. The maximum atomic E-state index is 5.50. The van der Waals surface area contributed by atoms with Crippen molar-refractivity contribution < 1.29 is 14.0 Å². The minimum atomic E-state index is 0.276. The van der Waals surface area contributed by atoms with Gasteiger partial charge in [-0.05, 0) is 36.1 Å². The molecule has 0 fully saturated rings. The Morgan fingerprint density at radius 2 is 1.74 bits per heavy atom. The average molecular weight is 318 g/mol. The van der Waals surface area contributed by atoms with Crippen LogP contribution in [0.4, 0.5) is 0 Å². The van der Waals surface area contributed by atoms with E-state index >= 15 is 0 Å². The van der Waals surface area contributed by atoms with Crippen LogP contribution in [0, 0.1) is 0 Å². The number of rotatable bonds is 5. The Morgan fingerprint density at radius 1 is 1.13 bits per heavy atom. The van der Waals surface area contributed by atoms with Crippen molar-refractivity contribution in [3.05, 3.63) is 35.0 Å². The van der Waals surface area contributed by atoms with Crippen molar-refractivity contribution >= 4 is 0 Å². The Balaban J connectivity index is 1.71. The number of aromatic nitrogens is 2. The Bertz CT molecular complexity index is 636. The molecule has 0 spiro atoms. The van der Waals surface area contributed by atoms with Gasteiger partial charge in [-0.3, -0.25) is 4.90 Å². The van der Waals surface area contributed by atoms with Crippen LogP contribution >= 0.6 is 0 Å². The molecule has 1 aliphatic heterocycles. The number of fused-ring (bicyclic) bond motifs is 1. The predicted molar refractivity (Wildman–Crippen MR) is 84.4 cm³/mol. The van der Waals surface area contributed by atoms with Crippen LogP contribution in [-0.4, -0.2) is 42.3 Å². The molecule has 0 saturated heterocycles. The van der Waals surface area contributed by atoms with Crippen molar-refractivity contribution in [2.24, 2.45) is 5.73 Å². The van der Waals surface area contributed by atoms with E-state index in [2.05, 4.69) is 27.2 Å². The standard InChI is InChI=1S/C16H22N4O3/c1-21-13-7-11-3-5-20(6-4-12(11)8-14(13)22-2)10-15-18-16(9-17)23-19-15/h7-8H,3-6,9-10,17H2,1-2H3. The topological polar surface area (TPSA) is 86.6 Å². The second kappa shape index (κ2) is 6.97. The molecule has 2 aromatic rings. The van der Waals surface area contributed by atoms with Gasteiger partial charge in [0, 0.05) is 13.1 Å². The van der Waals surface area contributed by atoms with Gasteiger partial charge in [-0.2, -0.15) is 4.98 Å². The maximum absolute atomic E-state index is 5.50. The number of nitrogens with zero attached hydrogens (tertiary/aromatic N) is 3. The summed E-state index contributed by atoms with van der Waals surface area (Å²) in [5, 5.41) is 3.97. The van der Waals surface area contributed by atoms with Crippen molar-refractivity contribution in [2.45, 2.75) is 25.9 Å². The van der Waals surface area contributed by atoms with Crippen molar-refractivity contribution in [3.63, 3.8) is 0 Å². The monoisotopic (exact) mass is 318 g/mol. The van der Waals surface area contributed by atoms with Crippen molar-refractivity contribution in [1.29, 1.82) is 0 Å². The normalized spacial score (nSPS) is 15.1. The second-order valence-electron chi connectivity index (χ2n) is 5.56. The number of hydrogen-bond acceptors (Lipinski definition) is 7. The Hall–Kier alpha value is -2.12. The van der Waals surface area contributed by atoms with Crippen LogP contribution in [0.1, 0.15) is 22.8 Å². The van der Waals surface area contributed by atoms with Gasteiger partial charge < -0.3 is 19.7 Å². The minimum Gasteiger partial charge on any atom is -0.493 e. The maximum Gasteiger partial charge on any atom is 0.240 e. The van der Waals surface area contributed by atoms with Crippen molar-refractivity contribution in [2.75, 3.05) is 27.3 Å². The van der Waals surface area contributed by atoms with E-state index in [0.717, 1.165) is 37.4 Å². The number of ether oxygens (including phenoxy) is 2. The Labute approximate surface area is 135 Å². The van der Waals surface area contributed by atoms with Crippen molar-refractivity contribution in [3.8, 4) is 11.5 Å². The zero-order valence-electron chi connectivity index (χ0n) is 13.5. The smallest absolute Gasteiger partial charge is 0.240 e. The fraction of sp³-hybridized carbons (Fsp3) is 0.500. The molecule has 7 nitrogen and oxygen atoms in total. The van der Waals surface area contributed by atoms with Gasteiger partial charge in [0.2, 0.25) is 5.89 Å². The largest absolute Gasteiger partial charge is 0.493 e. The van der Waals surface area contributed by atoms with E-state index in [1.54, 1.807) is 14.2 Å². The van der Waals surface area contributed by atoms with E-state index in [1.807, 2.05) is 0 Å². The summed E-state index contributed by atoms with van der Waals surface area (Å²) in [6, 6.07) is 4.16. The van der Waals surface area contributed by atoms with Gasteiger partial charge in [-0.15, -0.1) is 0 Å². The summed E-state index contributed by atoms with van der Waals surface area (Å²) in [4.78, 5) is 6.60. The van der Waals surface area contributed by atoms with Crippen molar-refractivity contribution in [1.82, 2.24) is 15.0 Å². The first-order chi connectivity index (χ1) is 11.2. The van der Waals surface area contributed by atoms with Crippen LogP contribution in [0.15, 0.2) is 16.7 Å². The van der Waals surface area contributed by atoms with Crippen LogP contribution in [0.5, 0.6) is 11.5 Å². The molecule has 0 radical (unpaired) electrons. The average Bonchev–Trinajstić information content (AvgIpc) is 2.95. The van der Waals surface area contributed by atoms with E-state index in [-0.39, 0.29) is 6.54 Å². The zero-order valence-corrected chi connectivity index (χ0v) is 13.5. The van der Waals surface area contributed by atoms with E-state index in [4.69, 9.17) is 19.7 Å². The van der Waals surface area contributed by atoms with Crippen LogP contribution in [0.2, 0.25) is 0 Å². The third-order valence-electron chi connectivity index (χ3n) is 4.15. The van der Waals surface area contributed by atoms with E-state index < -0.39 is 0 Å². The van der Waals surface area contributed by atoms with E-state index in [0.29, 0.717) is 18.3 Å². The molecular weight excluding hydrogens is 296 g/mol. The van der Waals surface area contributed by atoms with Gasteiger partial charge in [0.25, 0.3) is 0 Å². The minimum absolute atomic E-state index is 0.276. The summed E-state index contributed by atoms with van der Waals surface area (Å²) < 4.78 is 15.9. The summed E-state index contributed by atoms with van der Waals surface area (Å²) >= 11 is 0. The molecule has 2 heterocycles. The highest BCUT2D eigenvalue weighted by Crippen LogP contribution is 2.32. The first kappa shape index (κ1) is 15.8. The number of hydrogen-bond donors (Lipinski definition) is 1. The summed E-state index contributed by atoms with van der Waals surface area (Å²) in [5.74, 6) is 2.73. The predicted octanol–water partition coefficient (Wildman–Crippen LogP) is 1.15. The Morgan fingerprint density at radius 3 is 2.22 bits per heavy atom. The van der Waals surface area contributed by atoms with E-state index in [1.165, 1.54) is 11.1 Å². The van der Waals surface area contributed by atoms with Gasteiger partial charge in [0.15, 0.2) is 17.3 Å². The molecule has 0 atom stereocenters. The highest BCUT2D eigenvalue weighted by Gasteiger charge is 2.19. The fourth-order valence-electron chi connectivity index (χ4n) is 2.89. The molecule has 2 N–H and O–H groups in total. The lowest BCUT2D eigenvalue weighted by Crippen LogP contribution is -2.26. The summed E-state index contributed by atoms with van der Waals surface area (Å²) in [5.41, 5.74) is 8.11. The SMILES string of the molecule is COc1cc2c(cc1OC)CCN(Cc1noc(CN)n1)CC2. The first-order valence-electron chi connectivity index (χ1n) is 7.71. The summed E-state index contributed by atoms with van der Waals surface area (Å²) in [7, 11) is 3.33. The molecule has 7 heteroatoms. The lowest BCUT2D eigenvalue weighted by Gasteiger charge is -2.17. The van der Waals surface area contributed by atoms with Gasteiger partial charge in [0.1, 0.15) is 0 Å². The molecule has 0 saturated carbocycles. The number of nitrogens with two attached hydrogens (primary N) is 1. The van der Waals surface area contributed by atoms with E-state index in [9.17, 15) is 0 Å². The second-order valence-corrected chi connectivity index (χ2v) is 5.56. The molecule has 124 valence electrons. The molecule has 3 rings (SSSR count). The molecule has 0 amide bonds. The molecule has 0 aliphatic carbocycles. The highest BCUT2D eigenvalue weighted by molar-refractivity contribution is 5.48. The third kappa shape index (κ3) is 3.46. The molecule has 1 aromatic carbocycles. The third-order valence-corrected chi connectivity index (χ3v) is 4.15. The molecule has 1 aliphatic rings. The van der Waals surface area contributed by atoms with Gasteiger partial charge in [0.05, 0.1) is 27.3 Å². The molecule has 23 heavy (non-hydrogen) atoms. The summed E-state index contributed by atoms with van der Waals surface area (Å²) in [6.45, 7) is 2.83. The highest BCUT2D eigenvalue weighted by atomic mass is 16.5. The Kier molecular flexibility index (Phi) is 4.78. The summed E-state index contributed by atoms with van der Waals surface area (Å²) in [6.07, 6.45) is 1.91. The molecule has 1 aromatic heterocycles. The molecule has 0 bridgehead atoms. The van der Waals surface area contributed by atoms with Gasteiger partial charge in [-0.25, -0.2) is 0 Å². The quantitative estimate of drug-likeness (QED) is 0.884. The van der Waals surface area contributed by atoms with Crippen LogP contribution in [-0.2, 0) is 25.9 Å².